The van der Waals surface area contributed by atoms with Gasteiger partial charge in [-0.2, -0.15) is 0 Å². The molecule has 0 spiro atoms. The number of carbonyl (C=O) groups is 2. The van der Waals surface area contributed by atoms with Gasteiger partial charge in [0, 0.05) is 18.1 Å². The minimum absolute atomic E-state index is 0.0189. The number of rotatable bonds is 14. The monoisotopic (exact) mass is 583 g/mol. The van der Waals surface area contributed by atoms with E-state index in [0.717, 1.165) is 28.3 Å². The van der Waals surface area contributed by atoms with Gasteiger partial charge < -0.3 is 10.2 Å². The maximum atomic E-state index is 14.0. The molecular formula is C31H38ClN3O4S. The summed E-state index contributed by atoms with van der Waals surface area (Å²) in [6, 6.07) is 21.8. The number of nitrogens with zero attached hydrogens (tertiary/aromatic N) is 2. The van der Waals surface area contributed by atoms with E-state index >= 15 is 0 Å². The Morgan fingerprint density at radius 2 is 1.57 bits per heavy atom. The molecule has 214 valence electrons. The SMILES string of the molecule is CCCCNC(=O)C(CC)N(CCc1ccccc1)C(=O)CN(c1ccc(C)cc1)S(=O)(=O)c1ccc(Cl)cc1. The summed E-state index contributed by atoms with van der Waals surface area (Å²) in [6.45, 7) is 6.14. The van der Waals surface area contributed by atoms with Gasteiger partial charge in [0.15, 0.2) is 0 Å². The second kappa shape index (κ2) is 14.9. The van der Waals surface area contributed by atoms with Crippen LogP contribution in [0.5, 0.6) is 0 Å². The molecule has 7 nitrogen and oxygen atoms in total. The number of unbranched alkanes of at least 4 members (excludes halogenated alkanes) is 1. The van der Waals surface area contributed by atoms with Crippen molar-refractivity contribution in [2.24, 2.45) is 0 Å². The zero-order valence-corrected chi connectivity index (χ0v) is 24.9. The van der Waals surface area contributed by atoms with E-state index in [0.29, 0.717) is 30.1 Å². The summed E-state index contributed by atoms with van der Waals surface area (Å²) in [5.74, 6) is -0.689. The molecule has 2 amide bonds. The van der Waals surface area contributed by atoms with Crippen LogP contribution >= 0.6 is 11.6 Å². The standard InChI is InChI=1S/C31H38ClN3O4S/c1-4-6-21-33-31(37)29(5-2)34(22-20-25-10-8-7-9-11-25)30(36)23-35(27-16-12-24(3)13-17-27)40(38,39)28-18-14-26(32)15-19-28/h7-19,29H,4-6,20-23H2,1-3H3,(H,33,37). The normalized spacial score (nSPS) is 12.0. The van der Waals surface area contributed by atoms with E-state index in [2.05, 4.69) is 5.32 Å². The van der Waals surface area contributed by atoms with Crippen molar-refractivity contribution in [3.8, 4) is 0 Å². The molecule has 0 heterocycles. The molecule has 3 aromatic rings. The average molecular weight is 584 g/mol. The number of anilines is 1. The number of halogens is 1. The Kier molecular flexibility index (Phi) is 11.6. The summed E-state index contributed by atoms with van der Waals surface area (Å²) < 4.78 is 28.8. The first kappa shape index (κ1) is 31.2. The van der Waals surface area contributed by atoms with Gasteiger partial charge in [-0.3, -0.25) is 13.9 Å². The number of hydrogen-bond donors (Lipinski definition) is 1. The fourth-order valence-corrected chi connectivity index (χ4v) is 5.92. The number of benzene rings is 3. The Morgan fingerprint density at radius 3 is 2.17 bits per heavy atom. The van der Waals surface area contributed by atoms with Gasteiger partial charge >= 0.3 is 0 Å². The maximum Gasteiger partial charge on any atom is 0.264 e. The van der Waals surface area contributed by atoms with Crippen molar-refractivity contribution in [2.45, 2.75) is 57.4 Å². The number of sulfonamides is 1. The van der Waals surface area contributed by atoms with Gasteiger partial charge in [-0.25, -0.2) is 8.42 Å². The molecule has 1 atom stereocenters. The number of carbonyl (C=O) groups excluding carboxylic acids is 2. The van der Waals surface area contributed by atoms with Crippen molar-refractivity contribution < 1.29 is 18.0 Å². The highest BCUT2D eigenvalue weighted by atomic mass is 35.5. The first-order valence-electron chi connectivity index (χ1n) is 13.6. The molecule has 0 aromatic heterocycles. The molecule has 3 rings (SSSR count). The van der Waals surface area contributed by atoms with E-state index in [1.54, 1.807) is 24.3 Å². The Morgan fingerprint density at radius 1 is 0.925 bits per heavy atom. The third-order valence-corrected chi connectivity index (χ3v) is 8.74. The molecule has 0 aliphatic heterocycles. The minimum Gasteiger partial charge on any atom is -0.354 e. The fraction of sp³-hybridized carbons (Fsp3) is 0.355. The van der Waals surface area contributed by atoms with Crippen molar-refractivity contribution >= 4 is 39.1 Å². The van der Waals surface area contributed by atoms with E-state index in [-0.39, 0.29) is 17.3 Å². The van der Waals surface area contributed by atoms with E-state index in [1.165, 1.54) is 29.2 Å². The molecule has 1 unspecified atom stereocenters. The number of aryl methyl sites for hydroxylation is 1. The molecule has 0 saturated heterocycles. The molecule has 0 aliphatic carbocycles. The van der Waals surface area contributed by atoms with Crippen molar-refractivity contribution in [3.05, 3.63) is 95.0 Å². The van der Waals surface area contributed by atoms with Crippen LogP contribution in [0.25, 0.3) is 0 Å². The Bertz CT molecular complexity index is 1350. The highest BCUT2D eigenvalue weighted by molar-refractivity contribution is 7.92. The predicted molar refractivity (Wildman–Crippen MR) is 161 cm³/mol. The third kappa shape index (κ3) is 8.32. The van der Waals surface area contributed by atoms with E-state index in [1.807, 2.05) is 51.1 Å². The van der Waals surface area contributed by atoms with Gasteiger partial charge in [0.2, 0.25) is 11.8 Å². The predicted octanol–water partition coefficient (Wildman–Crippen LogP) is 5.61. The topological polar surface area (TPSA) is 86.8 Å². The summed E-state index contributed by atoms with van der Waals surface area (Å²) in [7, 11) is -4.12. The van der Waals surface area contributed by atoms with Crippen LogP contribution in [0.3, 0.4) is 0 Å². The van der Waals surface area contributed by atoms with Crippen LogP contribution in [0.15, 0.2) is 83.8 Å². The zero-order chi connectivity index (χ0) is 29.1. The van der Waals surface area contributed by atoms with Crippen LogP contribution in [0.2, 0.25) is 5.02 Å². The van der Waals surface area contributed by atoms with E-state index < -0.39 is 28.5 Å². The number of nitrogens with one attached hydrogen (secondary N) is 1. The molecule has 0 fully saturated rings. The number of amides is 2. The second-order valence-corrected chi connectivity index (χ2v) is 12.0. The Balaban J connectivity index is 1.97. The summed E-state index contributed by atoms with van der Waals surface area (Å²) in [6.07, 6.45) is 2.69. The lowest BCUT2D eigenvalue weighted by Crippen LogP contribution is -2.53. The molecule has 1 N–H and O–H groups in total. The van der Waals surface area contributed by atoms with Crippen molar-refractivity contribution in [3.63, 3.8) is 0 Å². The van der Waals surface area contributed by atoms with Gasteiger partial charge in [-0.05, 0) is 68.1 Å². The lowest BCUT2D eigenvalue weighted by molar-refractivity contribution is -0.139. The summed E-state index contributed by atoms with van der Waals surface area (Å²) in [5.41, 5.74) is 2.33. The highest BCUT2D eigenvalue weighted by Gasteiger charge is 2.33. The number of hydrogen-bond acceptors (Lipinski definition) is 4. The largest absolute Gasteiger partial charge is 0.354 e. The fourth-order valence-electron chi connectivity index (χ4n) is 4.38. The van der Waals surface area contributed by atoms with Crippen LogP contribution in [0, 0.1) is 6.92 Å². The van der Waals surface area contributed by atoms with Gasteiger partial charge in [0.05, 0.1) is 10.6 Å². The molecule has 0 aliphatic rings. The molecule has 9 heteroatoms. The van der Waals surface area contributed by atoms with Gasteiger partial charge in [-0.1, -0.05) is 79.9 Å². The minimum atomic E-state index is -4.12. The van der Waals surface area contributed by atoms with Crippen LogP contribution in [0.1, 0.15) is 44.2 Å². The molecule has 0 bridgehead atoms. The van der Waals surface area contributed by atoms with Crippen LogP contribution in [0.4, 0.5) is 5.69 Å². The quantitative estimate of drug-likeness (QED) is 0.250. The third-order valence-electron chi connectivity index (χ3n) is 6.70. The van der Waals surface area contributed by atoms with E-state index in [4.69, 9.17) is 11.6 Å². The molecular weight excluding hydrogens is 546 g/mol. The molecule has 0 saturated carbocycles. The average Bonchev–Trinajstić information content (AvgIpc) is 2.95. The van der Waals surface area contributed by atoms with Crippen molar-refractivity contribution in [2.75, 3.05) is 23.9 Å². The van der Waals surface area contributed by atoms with Gasteiger partial charge in [0.1, 0.15) is 12.6 Å². The smallest absolute Gasteiger partial charge is 0.264 e. The van der Waals surface area contributed by atoms with Crippen LogP contribution in [-0.4, -0.2) is 50.8 Å². The molecule has 40 heavy (non-hydrogen) atoms. The lowest BCUT2D eigenvalue weighted by Gasteiger charge is -2.33. The molecule has 3 aromatic carbocycles. The van der Waals surface area contributed by atoms with Gasteiger partial charge in [0.25, 0.3) is 10.0 Å². The summed E-state index contributed by atoms with van der Waals surface area (Å²) >= 11 is 6.01. The van der Waals surface area contributed by atoms with Crippen LogP contribution < -0.4 is 9.62 Å². The Labute approximate surface area is 243 Å². The van der Waals surface area contributed by atoms with Crippen molar-refractivity contribution in [1.29, 1.82) is 0 Å². The highest BCUT2D eigenvalue weighted by Crippen LogP contribution is 2.26. The summed E-state index contributed by atoms with van der Waals surface area (Å²) in [4.78, 5) is 28.7. The Hall–Kier alpha value is -3.36. The first-order chi connectivity index (χ1) is 19.2. The molecule has 0 radical (unpaired) electrons. The second-order valence-electron chi connectivity index (χ2n) is 9.69. The lowest BCUT2D eigenvalue weighted by atomic mass is 10.1. The summed E-state index contributed by atoms with van der Waals surface area (Å²) in [5, 5.41) is 3.35. The van der Waals surface area contributed by atoms with E-state index in [9.17, 15) is 18.0 Å². The van der Waals surface area contributed by atoms with Crippen LogP contribution in [-0.2, 0) is 26.0 Å². The zero-order valence-electron chi connectivity index (χ0n) is 23.3. The van der Waals surface area contributed by atoms with Crippen molar-refractivity contribution in [1.82, 2.24) is 10.2 Å². The van der Waals surface area contributed by atoms with Gasteiger partial charge in [-0.15, -0.1) is 0 Å². The maximum absolute atomic E-state index is 14.0. The first-order valence-corrected chi connectivity index (χ1v) is 15.4.